The highest BCUT2D eigenvalue weighted by molar-refractivity contribution is 7.87. The van der Waals surface area contributed by atoms with E-state index in [1.165, 1.54) is 48.5 Å². The molecule has 5 rings (SSSR count). The van der Waals surface area contributed by atoms with Crippen LogP contribution in [0, 0.1) is 6.92 Å². The van der Waals surface area contributed by atoms with Crippen molar-refractivity contribution in [1.29, 1.82) is 0 Å². The lowest BCUT2D eigenvalue weighted by molar-refractivity contribution is -0.122. The van der Waals surface area contributed by atoms with Crippen molar-refractivity contribution in [2.45, 2.75) is 18.4 Å². The lowest BCUT2D eigenvalue weighted by atomic mass is 10.1. The van der Waals surface area contributed by atoms with Crippen molar-refractivity contribution in [3.63, 3.8) is 0 Å². The van der Waals surface area contributed by atoms with E-state index in [0.717, 1.165) is 16.0 Å². The summed E-state index contributed by atoms with van der Waals surface area (Å²) in [5, 5.41) is 3.11. The summed E-state index contributed by atoms with van der Waals surface area (Å²) in [6, 6.07) is 22.2. The summed E-state index contributed by atoms with van der Waals surface area (Å²) < 4.78 is 36.4. The molecule has 43 heavy (non-hydrogen) atoms. The maximum Gasteiger partial charge on any atom is 0.339 e. The fourth-order valence-corrected chi connectivity index (χ4v) is 5.47. The second-order valence-corrected chi connectivity index (χ2v) is 11.8. The van der Waals surface area contributed by atoms with Gasteiger partial charge in [-0.2, -0.15) is 8.42 Å². The minimum atomic E-state index is -4.12. The molecule has 0 atom stereocenters. The first-order chi connectivity index (χ1) is 20.5. The molecule has 0 spiro atoms. The number of carbonyl (C=O) groups excluding carboxylic acids is 3. The van der Waals surface area contributed by atoms with Crippen molar-refractivity contribution in [2.75, 3.05) is 4.90 Å². The molecular formula is C31H22Cl2N2O7S. The molecule has 0 aliphatic carbocycles. The van der Waals surface area contributed by atoms with Crippen molar-refractivity contribution in [1.82, 2.24) is 5.32 Å². The summed E-state index contributed by atoms with van der Waals surface area (Å²) in [4.78, 5) is 39.4. The number of benzene rings is 4. The summed E-state index contributed by atoms with van der Waals surface area (Å²) in [7, 11) is -4.12. The molecule has 9 nitrogen and oxygen atoms in total. The number of imide groups is 2. The number of nitrogens with one attached hydrogen (secondary N) is 1. The summed E-state index contributed by atoms with van der Waals surface area (Å²) in [6.07, 6.45) is 1.25. The van der Waals surface area contributed by atoms with Crippen LogP contribution in [0.3, 0.4) is 0 Å². The molecule has 0 radical (unpaired) electrons. The van der Waals surface area contributed by atoms with Gasteiger partial charge in [0, 0.05) is 15.6 Å². The van der Waals surface area contributed by atoms with Crippen molar-refractivity contribution >= 4 is 62.9 Å². The standard InChI is InChI=1S/C31H22Cl2N2O7S/c1-19-5-13-26(14-6-19)43(39,40)42-25-4-2-3-20(15-25)16-27-29(36)34-31(38)35(30(27)37)23-9-11-24(12-10-23)41-18-21-7-8-22(32)17-28(21)33/h2-17H,18H2,1H3,(H,34,36,38)/b27-16-. The Morgan fingerprint density at radius 1 is 0.860 bits per heavy atom. The van der Waals surface area contributed by atoms with Crippen LogP contribution in [0.4, 0.5) is 10.5 Å². The van der Waals surface area contributed by atoms with Gasteiger partial charge < -0.3 is 8.92 Å². The van der Waals surface area contributed by atoms with Gasteiger partial charge in [0.05, 0.1) is 5.69 Å². The summed E-state index contributed by atoms with van der Waals surface area (Å²) >= 11 is 12.1. The maximum absolute atomic E-state index is 13.3. The normalized spacial score (nSPS) is 14.5. The number of urea groups is 1. The lowest BCUT2D eigenvalue weighted by Gasteiger charge is -2.26. The summed E-state index contributed by atoms with van der Waals surface area (Å²) in [5.41, 5.74) is 1.76. The van der Waals surface area contributed by atoms with Gasteiger partial charge in [-0.3, -0.25) is 14.9 Å². The third-order valence-corrected chi connectivity index (χ3v) is 8.14. The van der Waals surface area contributed by atoms with Crippen molar-refractivity contribution in [3.8, 4) is 11.5 Å². The van der Waals surface area contributed by atoms with E-state index in [2.05, 4.69) is 5.32 Å². The highest BCUT2D eigenvalue weighted by atomic mass is 35.5. The van der Waals surface area contributed by atoms with E-state index in [1.54, 1.807) is 48.5 Å². The van der Waals surface area contributed by atoms with E-state index in [0.29, 0.717) is 21.4 Å². The Labute approximate surface area is 257 Å². The number of halogens is 2. The Kier molecular flexibility index (Phi) is 8.54. The molecule has 218 valence electrons. The van der Waals surface area contributed by atoms with Gasteiger partial charge in [0.2, 0.25) is 0 Å². The van der Waals surface area contributed by atoms with Crippen molar-refractivity contribution < 1.29 is 31.7 Å². The number of hydrogen-bond donors (Lipinski definition) is 1. The number of anilines is 1. The zero-order valence-electron chi connectivity index (χ0n) is 22.4. The average Bonchev–Trinajstić information content (AvgIpc) is 2.96. The van der Waals surface area contributed by atoms with Crippen LogP contribution >= 0.6 is 23.2 Å². The number of nitrogens with zero attached hydrogens (tertiary/aromatic N) is 1. The molecule has 0 bridgehead atoms. The minimum Gasteiger partial charge on any atom is -0.489 e. The van der Waals surface area contributed by atoms with Gasteiger partial charge in [-0.25, -0.2) is 9.69 Å². The van der Waals surface area contributed by atoms with Crippen LogP contribution in [0.5, 0.6) is 11.5 Å². The number of ether oxygens (including phenoxy) is 1. The number of barbiturate groups is 1. The fraction of sp³-hybridized carbons (Fsp3) is 0.0645. The molecule has 4 aromatic carbocycles. The van der Waals surface area contributed by atoms with Crippen LogP contribution in [0.1, 0.15) is 16.7 Å². The number of rotatable bonds is 8. The van der Waals surface area contributed by atoms with Gasteiger partial charge in [-0.05, 0) is 79.2 Å². The number of aryl methyl sites for hydroxylation is 1. The van der Waals surface area contributed by atoms with E-state index in [4.69, 9.17) is 32.1 Å². The van der Waals surface area contributed by atoms with Gasteiger partial charge in [0.15, 0.2) is 0 Å². The highest BCUT2D eigenvalue weighted by Crippen LogP contribution is 2.27. The number of carbonyl (C=O) groups is 3. The van der Waals surface area contributed by atoms with E-state index >= 15 is 0 Å². The Balaban J connectivity index is 1.33. The van der Waals surface area contributed by atoms with E-state index in [9.17, 15) is 22.8 Å². The van der Waals surface area contributed by atoms with Gasteiger partial charge in [0.25, 0.3) is 11.8 Å². The van der Waals surface area contributed by atoms with Crippen LogP contribution in [-0.4, -0.2) is 26.3 Å². The van der Waals surface area contributed by atoms with E-state index in [1.807, 2.05) is 6.92 Å². The molecule has 1 aliphatic heterocycles. The molecule has 1 heterocycles. The van der Waals surface area contributed by atoms with Gasteiger partial charge in [-0.1, -0.05) is 59.1 Å². The molecule has 1 aliphatic rings. The van der Waals surface area contributed by atoms with E-state index < -0.39 is 28.0 Å². The van der Waals surface area contributed by atoms with Crippen LogP contribution in [0.2, 0.25) is 10.0 Å². The van der Waals surface area contributed by atoms with Crippen molar-refractivity contribution in [3.05, 3.63) is 123 Å². The summed E-state index contributed by atoms with van der Waals surface area (Å²) in [5.74, 6) is -1.34. The SMILES string of the molecule is Cc1ccc(S(=O)(=O)Oc2cccc(/C=C3/C(=O)NC(=O)N(c4ccc(OCc5ccc(Cl)cc5Cl)cc4)C3=O)c2)cc1. The molecule has 0 unspecified atom stereocenters. The molecule has 1 fully saturated rings. The van der Waals surface area contributed by atoms with Gasteiger partial charge >= 0.3 is 16.1 Å². The summed E-state index contributed by atoms with van der Waals surface area (Å²) in [6.45, 7) is 1.99. The average molecular weight is 637 g/mol. The Bertz CT molecular complexity index is 1870. The zero-order valence-corrected chi connectivity index (χ0v) is 24.7. The first-order valence-corrected chi connectivity index (χ1v) is 14.9. The first kappa shape index (κ1) is 29.8. The smallest absolute Gasteiger partial charge is 0.339 e. The fourth-order valence-electron chi connectivity index (χ4n) is 4.09. The Morgan fingerprint density at radius 3 is 2.28 bits per heavy atom. The molecule has 4 amide bonds. The van der Waals surface area contributed by atoms with Crippen molar-refractivity contribution in [2.24, 2.45) is 0 Å². The number of amides is 4. The van der Waals surface area contributed by atoms with Crippen LogP contribution in [-0.2, 0) is 26.3 Å². The Hall–Kier alpha value is -4.64. The van der Waals surface area contributed by atoms with Crippen LogP contribution < -0.4 is 19.1 Å². The zero-order chi connectivity index (χ0) is 30.7. The van der Waals surface area contributed by atoms with Crippen LogP contribution in [0.25, 0.3) is 6.08 Å². The number of hydrogen-bond acceptors (Lipinski definition) is 7. The molecular weight excluding hydrogens is 615 g/mol. The Morgan fingerprint density at radius 2 is 1.58 bits per heavy atom. The van der Waals surface area contributed by atoms with E-state index in [-0.39, 0.29) is 28.5 Å². The first-order valence-electron chi connectivity index (χ1n) is 12.7. The van der Waals surface area contributed by atoms with Crippen LogP contribution in [0.15, 0.2) is 101 Å². The molecule has 0 saturated carbocycles. The molecule has 1 saturated heterocycles. The predicted octanol–water partition coefficient (Wildman–Crippen LogP) is 6.31. The second-order valence-electron chi connectivity index (χ2n) is 9.40. The molecule has 0 aromatic heterocycles. The minimum absolute atomic E-state index is 0.0250. The molecule has 12 heteroatoms. The third kappa shape index (κ3) is 6.89. The largest absolute Gasteiger partial charge is 0.489 e. The monoisotopic (exact) mass is 636 g/mol. The molecule has 4 aromatic rings. The quantitative estimate of drug-likeness (QED) is 0.137. The lowest BCUT2D eigenvalue weighted by Crippen LogP contribution is -2.54. The second kappa shape index (κ2) is 12.3. The molecule has 1 N–H and O–H groups in total. The topological polar surface area (TPSA) is 119 Å². The highest BCUT2D eigenvalue weighted by Gasteiger charge is 2.36. The van der Waals surface area contributed by atoms with Gasteiger partial charge in [-0.15, -0.1) is 0 Å². The third-order valence-electron chi connectivity index (χ3n) is 6.29. The maximum atomic E-state index is 13.3. The predicted molar refractivity (Wildman–Crippen MR) is 162 cm³/mol. The van der Waals surface area contributed by atoms with Gasteiger partial charge in [0.1, 0.15) is 28.6 Å².